The van der Waals surface area contributed by atoms with Gasteiger partial charge in [0.2, 0.25) is 5.91 Å². The van der Waals surface area contributed by atoms with Crippen LogP contribution in [0, 0.1) is 0 Å². The third-order valence-electron chi connectivity index (χ3n) is 3.73. The molecule has 0 fully saturated rings. The summed E-state index contributed by atoms with van der Waals surface area (Å²) in [5.74, 6) is 1.15. The molecule has 0 saturated carbocycles. The Morgan fingerprint density at radius 2 is 1.88 bits per heavy atom. The lowest BCUT2D eigenvalue weighted by Crippen LogP contribution is -2.07. The van der Waals surface area contributed by atoms with Gasteiger partial charge in [-0.15, -0.1) is 0 Å². The zero-order chi connectivity index (χ0) is 18.8. The maximum Gasteiger partial charge on any atom is 0.248 e. The number of anilines is 1. The maximum absolute atomic E-state index is 12.0. The Bertz CT molecular complexity index is 741. The molecule has 0 aromatic heterocycles. The predicted molar refractivity (Wildman–Crippen MR) is 107 cm³/mol. The highest BCUT2D eigenvalue weighted by Crippen LogP contribution is 2.28. The van der Waals surface area contributed by atoms with Crippen LogP contribution < -0.4 is 14.8 Å². The number of carbonyl (C=O) groups is 1. The second-order valence-corrected chi connectivity index (χ2v) is 6.23. The number of hydrogen-bond donors (Lipinski definition) is 1. The van der Waals surface area contributed by atoms with Gasteiger partial charge < -0.3 is 14.8 Å². The molecular formula is C21H24ClNO3. The van der Waals surface area contributed by atoms with Gasteiger partial charge >= 0.3 is 0 Å². The molecule has 5 heteroatoms. The Kier molecular flexibility index (Phi) is 8.03. The van der Waals surface area contributed by atoms with E-state index in [0.717, 1.165) is 24.8 Å². The lowest BCUT2D eigenvalue weighted by atomic mass is 10.2. The van der Waals surface area contributed by atoms with Crippen LogP contribution in [0.2, 0.25) is 5.02 Å². The molecule has 0 atom stereocenters. The largest absolute Gasteiger partial charge is 0.493 e. The molecule has 138 valence electrons. The number of carbonyl (C=O) groups excluding carboxylic acids is 1. The molecule has 0 aliphatic rings. The molecule has 2 aromatic carbocycles. The number of methoxy groups -OCH3 is 1. The van der Waals surface area contributed by atoms with Crippen LogP contribution in [0.5, 0.6) is 11.5 Å². The third-order valence-corrected chi connectivity index (χ3v) is 3.98. The molecule has 0 heterocycles. The molecule has 1 amide bonds. The van der Waals surface area contributed by atoms with E-state index in [2.05, 4.69) is 12.2 Å². The number of hydrogen-bond acceptors (Lipinski definition) is 3. The summed E-state index contributed by atoms with van der Waals surface area (Å²) in [5.41, 5.74) is 1.55. The minimum absolute atomic E-state index is 0.216. The van der Waals surface area contributed by atoms with Gasteiger partial charge in [0, 0.05) is 16.8 Å². The van der Waals surface area contributed by atoms with Crippen molar-refractivity contribution < 1.29 is 14.3 Å². The molecule has 0 aliphatic carbocycles. The number of halogens is 1. The fourth-order valence-electron chi connectivity index (χ4n) is 2.33. The molecule has 0 unspecified atom stereocenters. The van der Waals surface area contributed by atoms with E-state index in [-0.39, 0.29) is 5.91 Å². The molecule has 0 saturated heterocycles. The van der Waals surface area contributed by atoms with E-state index in [4.69, 9.17) is 21.1 Å². The quantitative estimate of drug-likeness (QED) is 0.461. The molecule has 0 radical (unpaired) electrons. The van der Waals surface area contributed by atoms with E-state index in [1.807, 2.05) is 18.2 Å². The Balaban J connectivity index is 1.96. The highest BCUT2D eigenvalue weighted by Gasteiger charge is 2.05. The summed E-state index contributed by atoms with van der Waals surface area (Å²) in [6.45, 7) is 2.83. The predicted octanol–water partition coefficient (Wildman–Crippen LogP) is 5.57. The second-order valence-electron chi connectivity index (χ2n) is 5.80. The summed E-state index contributed by atoms with van der Waals surface area (Å²) in [6, 6.07) is 12.6. The number of nitrogens with one attached hydrogen (secondary N) is 1. The number of benzene rings is 2. The Labute approximate surface area is 159 Å². The number of amides is 1. The minimum atomic E-state index is -0.216. The number of rotatable bonds is 9. The van der Waals surface area contributed by atoms with Crippen LogP contribution in [0.4, 0.5) is 5.69 Å². The fourth-order valence-corrected chi connectivity index (χ4v) is 2.46. The highest BCUT2D eigenvalue weighted by atomic mass is 35.5. The van der Waals surface area contributed by atoms with Crippen molar-refractivity contribution >= 4 is 29.3 Å². The molecular weight excluding hydrogens is 350 g/mol. The van der Waals surface area contributed by atoms with E-state index in [1.54, 1.807) is 37.5 Å². The Hall–Kier alpha value is -2.46. The van der Waals surface area contributed by atoms with Crippen molar-refractivity contribution in [1.29, 1.82) is 0 Å². The summed E-state index contributed by atoms with van der Waals surface area (Å²) < 4.78 is 11.1. The molecule has 0 aliphatic heterocycles. The summed E-state index contributed by atoms with van der Waals surface area (Å²) in [4.78, 5) is 12.0. The van der Waals surface area contributed by atoms with Gasteiger partial charge in [-0.05, 0) is 54.5 Å². The van der Waals surface area contributed by atoms with E-state index >= 15 is 0 Å². The van der Waals surface area contributed by atoms with Crippen LogP contribution >= 0.6 is 11.6 Å². The monoisotopic (exact) mass is 373 g/mol. The van der Waals surface area contributed by atoms with Crippen LogP contribution in [-0.4, -0.2) is 19.6 Å². The van der Waals surface area contributed by atoms with E-state index in [0.29, 0.717) is 28.8 Å². The van der Waals surface area contributed by atoms with Crippen LogP contribution in [0.3, 0.4) is 0 Å². The lowest BCUT2D eigenvalue weighted by molar-refractivity contribution is -0.111. The number of unbranched alkanes of at least 4 members (excludes halogenated alkanes) is 2. The maximum atomic E-state index is 12.0. The smallest absolute Gasteiger partial charge is 0.248 e. The summed E-state index contributed by atoms with van der Waals surface area (Å²) in [7, 11) is 1.61. The summed E-state index contributed by atoms with van der Waals surface area (Å²) in [6.07, 6.45) is 6.53. The van der Waals surface area contributed by atoms with Crippen molar-refractivity contribution in [1.82, 2.24) is 0 Å². The molecule has 0 bridgehead atoms. The Morgan fingerprint density at radius 3 is 2.58 bits per heavy atom. The molecule has 2 rings (SSSR count). The molecule has 26 heavy (non-hydrogen) atoms. The highest BCUT2D eigenvalue weighted by molar-refractivity contribution is 6.30. The van der Waals surface area contributed by atoms with Gasteiger partial charge in [-0.25, -0.2) is 0 Å². The van der Waals surface area contributed by atoms with Crippen LogP contribution in [0.1, 0.15) is 31.7 Å². The van der Waals surface area contributed by atoms with E-state index < -0.39 is 0 Å². The lowest BCUT2D eigenvalue weighted by Gasteiger charge is -2.11. The summed E-state index contributed by atoms with van der Waals surface area (Å²) in [5, 5.41) is 3.41. The first kappa shape index (κ1) is 19.9. The fraction of sp³-hybridized carbons (Fsp3) is 0.286. The van der Waals surface area contributed by atoms with Gasteiger partial charge in [-0.3, -0.25) is 4.79 Å². The van der Waals surface area contributed by atoms with Crippen molar-refractivity contribution in [3.8, 4) is 11.5 Å². The topological polar surface area (TPSA) is 47.6 Å². The zero-order valence-corrected chi connectivity index (χ0v) is 15.9. The van der Waals surface area contributed by atoms with Gasteiger partial charge in [0.15, 0.2) is 11.5 Å². The first-order valence-corrected chi connectivity index (χ1v) is 9.05. The van der Waals surface area contributed by atoms with Crippen LogP contribution in [0.25, 0.3) is 6.08 Å². The number of ether oxygens (including phenoxy) is 2. The van der Waals surface area contributed by atoms with Crippen LogP contribution in [0.15, 0.2) is 48.5 Å². The first-order chi connectivity index (χ1) is 12.6. The Morgan fingerprint density at radius 1 is 1.12 bits per heavy atom. The average molecular weight is 374 g/mol. The van der Waals surface area contributed by atoms with E-state index in [1.165, 1.54) is 6.08 Å². The van der Waals surface area contributed by atoms with Crippen molar-refractivity contribution in [2.24, 2.45) is 0 Å². The zero-order valence-electron chi connectivity index (χ0n) is 15.1. The summed E-state index contributed by atoms with van der Waals surface area (Å²) >= 11 is 5.83. The van der Waals surface area contributed by atoms with Gasteiger partial charge in [0.05, 0.1) is 13.7 Å². The van der Waals surface area contributed by atoms with Crippen molar-refractivity contribution in [3.63, 3.8) is 0 Å². The normalized spacial score (nSPS) is 10.7. The van der Waals surface area contributed by atoms with Crippen LogP contribution in [-0.2, 0) is 4.79 Å². The minimum Gasteiger partial charge on any atom is -0.493 e. The van der Waals surface area contributed by atoms with E-state index in [9.17, 15) is 4.79 Å². The average Bonchev–Trinajstić information content (AvgIpc) is 2.66. The van der Waals surface area contributed by atoms with Crippen molar-refractivity contribution in [2.45, 2.75) is 26.2 Å². The van der Waals surface area contributed by atoms with Crippen molar-refractivity contribution in [2.75, 3.05) is 19.0 Å². The SMILES string of the molecule is CCCCCOc1ccc(/C=C/C(=O)Nc2ccc(Cl)cc2)cc1OC. The van der Waals surface area contributed by atoms with Gasteiger partial charge in [0.1, 0.15) is 0 Å². The molecule has 1 N–H and O–H groups in total. The van der Waals surface area contributed by atoms with Gasteiger partial charge in [-0.1, -0.05) is 37.4 Å². The van der Waals surface area contributed by atoms with Crippen molar-refractivity contribution in [3.05, 3.63) is 59.1 Å². The first-order valence-electron chi connectivity index (χ1n) is 8.68. The molecule has 2 aromatic rings. The van der Waals surface area contributed by atoms with Gasteiger partial charge in [-0.2, -0.15) is 0 Å². The standard InChI is InChI=1S/C21H24ClNO3/c1-3-4-5-14-26-19-12-6-16(15-20(19)25-2)7-13-21(24)23-18-10-8-17(22)9-11-18/h6-13,15H,3-5,14H2,1-2H3,(H,23,24)/b13-7+. The third kappa shape index (κ3) is 6.45. The second kappa shape index (κ2) is 10.5. The molecule has 0 spiro atoms. The van der Waals surface area contributed by atoms with Gasteiger partial charge in [0.25, 0.3) is 0 Å². The molecule has 4 nitrogen and oxygen atoms in total.